The van der Waals surface area contributed by atoms with Gasteiger partial charge in [0.25, 0.3) is 0 Å². The molecule has 4 atom stereocenters. The molecule has 0 amide bonds. The van der Waals surface area contributed by atoms with Crippen LogP contribution in [-0.2, 0) is 0 Å². The number of phenols is 1. The minimum atomic E-state index is -2.55. The molecule has 3 saturated heterocycles. The van der Waals surface area contributed by atoms with Crippen molar-refractivity contribution >= 4 is 27.5 Å². The first-order valence-corrected chi connectivity index (χ1v) is 16.2. The second-order valence-corrected chi connectivity index (χ2v) is 13.4. The number of likely N-dealkylation sites (tertiary alicyclic amines) is 1. The van der Waals surface area contributed by atoms with Crippen LogP contribution in [0.5, 0.6) is 11.8 Å². The number of halogens is 5. The Labute approximate surface area is 275 Å². The van der Waals surface area contributed by atoms with Crippen molar-refractivity contribution in [2.75, 3.05) is 44.7 Å². The smallest absolute Gasteiger partial charge is 0.319 e. The fraction of sp³-hybridized carbons (Fsp3) is 0.444. The summed E-state index contributed by atoms with van der Waals surface area (Å²) in [6.07, 6.45) is 5.69. The Kier molecular flexibility index (Phi) is 8.32. The first kappa shape index (κ1) is 32.3. The van der Waals surface area contributed by atoms with Crippen molar-refractivity contribution in [1.29, 1.82) is 0 Å². The van der Waals surface area contributed by atoms with E-state index in [1.54, 1.807) is 0 Å². The molecule has 2 bridgehead atoms. The van der Waals surface area contributed by atoms with E-state index < -0.39 is 40.8 Å². The van der Waals surface area contributed by atoms with Gasteiger partial charge in [-0.15, -0.1) is 6.42 Å². The lowest BCUT2D eigenvalue weighted by Gasteiger charge is -2.46. The van der Waals surface area contributed by atoms with Crippen LogP contribution in [0.3, 0.4) is 0 Å². The van der Waals surface area contributed by atoms with Gasteiger partial charge in [-0.2, -0.15) is 9.97 Å². The number of terminal acetylenes is 1. The van der Waals surface area contributed by atoms with Crippen molar-refractivity contribution in [1.82, 2.24) is 20.2 Å². The molecule has 3 aliphatic heterocycles. The highest BCUT2D eigenvalue weighted by Gasteiger charge is 2.47. The maximum Gasteiger partial charge on any atom is 0.319 e. The van der Waals surface area contributed by atoms with Gasteiger partial charge in [0.05, 0.1) is 17.7 Å². The van der Waals surface area contributed by atoms with Crippen LogP contribution in [0, 0.1) is 41.1 Å². The minimum Gasteiger partial charge on any atom is -0.508 e. The molecule has 0 saturated carbocycles. The number of fused-ring (bicyclic) bond motifs is 4. The van der Waals surface area contributed by atoms with E-state index in [9.17, 15) is 18.3 Å². The fourth-order valence-electron chi connectivity index (χ4n) is 8.08. The summed E-state index contributed by atoms with van der Waals surface area (Å²) in [5.74, 6) is -1.49. The van der Waals surface area contributed by atoms with Crippen molar-refractivity contribution in [3.63, 3.8) is 0 Å². The summed E-state index contributed by atoms with van der Waals surface area (Å²) in [5.41, 5.74) is -2.08. The molecule has 0 unspecified atom stereocenters. The molecule has 0 aliphatic carbocycles. The Morgan fingerprint density at radius 2 is 1.83 bits per heavy atom. The molecule has 7 nitrogen and oxygen atoms in total. The van der Waals surface area contributed by atoms with Gasteiger partial charge in [0, 0.05) is 59.4 Å². The quantitative estimate of drug-likeness (QED) is 0.173. The van der Waals surface area contributed by atoms with Crippen LogP contribution in [0.1, 0.15) is 38.2 Å². The Morgan fingerprint density at radius 1 is 1.08 bits per heavy atom. The highest BCUT2D eigenvalue weighted by Crippen LogP contribution is 2.44. The van der Waals surface area contributed by atoms with Gasteiger partial charge in [0.1, 0.15) is 28.7 Å². The van der Waals surface area contributed by atoms with E-state index in [1.165, 1.54) is 12.1 Å². The predicted molar refractivity (Wildman–Crippen MR) is 174 cm³/mol. The third-order valence-corrected chi connectivity index (χ3v) is 10.5. The van der Waals surface area contributed by atoms with E-state index in [0.717, 1.165) is 31.0 Å². The standard InChI is InChI=1S/C36H36F5N5O2/c1-4-23-27(37)9-6-19-12-22(47)13-24(29(19)23)30-28(38)14-25-32(31(30)39)43-35(44-34(25)46-15-20-7-8-21(16-46)42-20)48-18-36(5-2)17-45(3)11-10-26(36)33(40)41/h1,6,9,12-14,20-21,26,33,42,47H,5,7-8,10-11,15-18H2,2-3H3/t20-,21+,26-,36+/m1/s1. The monoisotopic (exact) mass is 665 g/mol. The number of hydrogen-bond acceptors (Lipinski definition) is 7. The molecule has 1 aromatic heterocycles. The number of nitrogens with zero attached hydrogens (tertiary/aromatic N) is 4. The van der Waals surface area contributed by atoms with Crippen molar-refractivity contribution in [2.45, 2.75) is 51.1 Å². The second kappa shape index (κ2) is 12.3. The van der Waals surface area contributed by atoms with Gasteiger partial charge in [0.2, 0.25) is 6.43 Å². The summed E-state index contributed by atoms with van der Waals surface area (Å²) in [7, 11) is 1.88. The Balaban J connectivity index is 1.40. The van der Waals surface area contributed by atoms with Gasteiger partial charge in [-0.25, -0.2) is 22.0 Å². The van der Waals surface area contributed by atoms with Crippen molar-refractivity contribution in [3.05, 3.63) is 53.3 Å². The molecule has 48 heavy (non-hydrogen) atoms. The minimum absolute atomic E-state index is 0.0567. The van der Waals surface area contributed by atoms with Crippen LogP contribution in [0.15, 0.2) is 30.3 Å². The highest BCUT2D eigenvalue weighted by molar-refractivity contribution is 6.04. The SMILES string of the molecule is C#Cc1c(F)ccc2cc(O)cc(-c3c(F)cc4c(N5C[C@H]6CC[C@@H](C5)N6)nc(OC[C@]5(CC)CN(C)CC[C@@H]5C(F)F)nc4c3F)c12. The Morgan fingerprint density at radius 3 is 2.52 bits per heavy atom. The maximum atomic E-state index is 16.9. The van der Waals surface area contributed by atoms with Gasteiger partial charge >= 0.3 is 6.01 Å². The summed E-state index contributed by atoms with van der Waals surface area (Å²) >= 11 is 0. The number of anilines is 1. The van der Waals surface area contributed by atoms with E-state index in [-0.39, 0.29) is 69.1 Å². The normalized spacial score (nSPS) is 24.5. The molecule has 4 aromatic rings. The van der Waals surface area contributed by atoms with Gasteiger partial charge in [-0.3, -0.25) is 0 Å². The molecule has 252 valence electrons. The summed E-state index contributed by atoms with van der Waals surface area (Å²) in [4.78, 5) is 13.0. The van der Waals surface area contributed by atoms with Crippen LogP contribution >= 0.6 is 0 Å². The second-order valence-electron chi connectivity index (χ2n) is 13.4. The third kappa shape index (κ3) is 5.47. The maximum absolute atomic E-state index is 16.9. The number of rotatable bonds is 7. The predicted octanol–water partition coefficient (Wildman–Crippen LogP) is 6.49. The van der Waals surface area contributed by atoms with E-state index in [0.29, 0.717) is 39.0 Å². The zero-order valence-electron chi connectivity index (χ0n) is 26.7. The van der Waals surface area contributed by atoms with Crippen molar-refractivity contribution < 1.29 is 31.8 Å². The van der Waals surface area contributed by atoms with E-state index in [4.69, 9.17) is 11.2 Å². The van der Waals surface area contributed by atoms with E-state index in [1.807, 2.05) is 23.8 Å². The van der Waals surface area contributed by atoms with Gasteiger partial charge in [-0.1, -0.05) is 18.9 Å². The lowest BCUT2D eigenvalue weighted by molar-refractivity contribution is -0.0798. The van der Waals surface area contributed by atoms with Crippen LogP contribution in [-0.4, -0.2) is 78.3 Å². The number of nitrogens with one attached hydrogen (secondary N) is 1. The number of piperidine rings is 1. The number of hydrogen-bond donors (Lipinski definition) is 2. The topological polar surface area (TPSA) is 73.8 Å². The van der Waals surface area contributed by atoms with Gasteiger partial charge in [0.15, 0.2) is 5.82 Å². The first-order valence-electron chi connectivity index (χ1n) is 16.2. The number of ether oxygens (including phenoxy) is 1. The number of aromatic hydroxyl groups is 1. The first-order chi connectivity index (χ1) is 23.0. The lowest BCUT2D eigenvalue weighted by Crippen LogP contribution is -2.52. The molecular weight excluding hydrogens is 629 g/mol. The van der Waals surface area contributed by atoms with Gasteiger partial charge in [-0.05, 0) is 68.9 Å². The molecule has 2 N–H and O–H groups in total. The molecule has 3 aliphatic rings. The Hall–Kier alpha value is -4.21. The molecule has 3 fully saturated rings. The largest absolute Gasteiger partial charge is 0.508 e. The number of alkyl halides is 2. The van der Waals surface area contributed by atoms with E-state index >= 15 is 8.78 Å². The molecule has 3 aromatic carbocycles. The summed E-state index contributed by atoms with van der Waals surface area (Å²) in [6.45, 7) is 3.70. The van der Waals surface area contributed by atoms with Crippen LogP contribution in [0.4, 0.5) is 27.8 Å². The zero-order valence-corrected chi connectivity index (χ0v) is 26.7. The van der Waals surface area contributed by atoms with E-state index in [2.05, 4.69) is 21.2 Å². The number of piperazine rings is 1. The van der Waals surface area contributed by atoms with Crippen LogP contribution in [0.25, 0.3) is 32.8 Å². The van der Waals surface area contributed by atoms with Crippen molar-refractivity contribution in [3.8, 4) is 35.2 Å². The Bertz CT molecular complexity index is 1940. The van der Waals surface area contributed by atoms with Crippen molar-refractivity contribution in [2.24, 2.45) is 11.3 Å². The molecule has 0 spiro atoms. The van der Waals surface area contributed by atoms with Crippen LogP contribution < -0.4 is 15.0 Å². The third-order valence-electron chi connectivity index (χ3n) is 10.5. The molecule has 7 rings (SSSR count). The summed E-state index contributed by atoms with van der Waals surface area (Å²) < 4.78 is 82.8. The highest BCUT2D eigenvalue weighted by atomic mass is 19.3. The van der Waals surface area contributed by atoms with Gasteiger partial charge < -0.3 is 25.0 Å². The number of aromatic nitrogens is 2. The average Bonchev–Trinajstić information content (AvgIpc) is 3.40. The zero-order chi connectivity index (χ0) is 33.9. The molecule has 12 heteroatoms. The number of phenolic OH excluding ortho intramolecular Hbond substituents is 1. The average molecular weight is 666 g/mol. The number of benzene rings is 3. The van der Waals surface area contributed by atoms with Crippen LogP contribution in [0.2, 0.25) is 0 Å². The summed E-state index contributed by atoms with van der Waals surface area (Å²) in [6, 6.07) is 6.21. The molecule has 4 heterocycles. The lowest BCUT2D eigenvalue weighted by atomic mass is 9.69. The summed E-state index contributed by atoms with van der Waals surface area (Å²) in [5, 5.41) is 14.5. The fourth-order valence-corrected chi connectivity index (χ4v) is 8.08. The molecular formula is C36H36F5N5O2. The molecule has 0 radical (unpaired) electrons.